The summed E-state index contributed by atoms with van der Waals surface area (Å²) in [6, 6.07) is 9.23. The average Bonchev–Trinajstić information content (AvgIpc) is 2.92. The van der Waals surface area contributed by atoms with Gasteiger partial charge in [0.25, 0.3) is 5.91 Å². The van der Waals surface area contributed by atoms with Crippen molar-refractivity contribution in [2.24, 2.45) is 0 Å². The lowest BCUT2D eigenvalue weighted by molar-refractivity contribution is -0.120. The zero-order valence-corrected chi connectivity index (χ0v) is 20.7. The number of amides is 3. The fourth-order valence-electron chi connectivity index (χ4n) is 5.00. The van der Waals surface area contributed by atoms with Crippen LogP contribution in [0.15, 0.2) is 53.7 Å². The number of hydrogen-bond donors (Lipinski definition) is 3. The zero-order chi connectivity index (χ0) is 28.2. The molecular weight excluding hydrogens is 521 g/mol. The molecule has 1 saturated heterocycles. The molecule has 39 heavy (non-hydrogen) atoms. The predicted octanol–water partition coefficient (Wildman–Crippen LogP) is 4.39. The zero-order valence-electron chi connectivity index (χ0n) is 20.7. The Balaban J connectivity index is 1.38. The van der Waals surface area contributed by atoms with Crippen LogP contribution in [0.2, 0.25) is 0 Å². The van der Waals surface area contributed by atoms with Crippen LogP contribution in [-0.4, -0.2) is 49.2 Å². The molecule has 2 aromatic rings. The molecule has 0 aliphatic carbocycles. The monoisotopic (exact) mass is 547 g/mol. The Bertz CT molecular complexity index is 1310. The summed E-state index contributed by atoms with van der Waals surface area (Å²) in [5.74, 6) is -3.36. The number of rotatable bonds is 7. The summed E-state index contributed by atoms with van der Waals surface area (Å²) >= 11 is 0. The van der Waals surface area contributed by atoms with E-state index >= 15 is 0 Å². The van der Waals surface area contributed by atoms with E-state index in [2.05, 4.69) is 21.6 Å². The molecule has 2 aromatic carbocycles. The molecule has 2 heterocycles. The van der Waals surface area contributed by atoms with E-state index in [1.807, 2.05) is 18.2 Å². The third-order valence-corrected chi connectivity index (χ3v) is 6.92. The number of urea groups is 1. The summed E-state index contributed by atoms with van der Waals surface area (Å²) in [4.78, 5) is 27.1. The van der Waals surface area contributed by atoms with Crippen LogP contribution >= 0.6 is 0 Å². The van der Waals surface area contributed by atoms with Gasteiger partial charge in [-0.15, -0.1) is 0 Å². The van der Waals surface area contributed by atoms with E-state index in [4.69, 9.17) is 0 Å². The summed E-state index contributed by atoms with van der Waals surface area (Å²) in [6.45, 7) is 2.20. The molecule has 2 aliphatic heterocycles. The smallest absolute Gasteiger partial charge is 0.352 e. The maximum atomic E-state index is 13.8. The molecule has 4 rings (SSSR count). The number of nitriles is 1. The van der Waals surface area contributed by atoms with Crippen LogP contribution in [0.25, 0.3) is 0 Å². The second kappa shape index (κ2) is 11.8. The van der Waals surface area contributed by atoms with E-state index < -0.39 is 47.1 Å². The second-order valence-corrected chi connectivity index (χ2v) is 9.42. The highest BCUT2D eigenvalue weighted by molar-refractivity contribution is 5.99. The molecule has 12 heteroatoms. The highest BCUT2D eigenvalue weighted by Crippen LogP contribution is 2.35. The van der Waals surface area contributed by atoms with Crippen molar-refractivity contribution in [3.63, 3.8) is 0 Å². The number of halogens is 5. The van der Waals surface area contributed by atoms with Gasteiger partial charge in [0.1, 0.15) is 5.70 Å². The summed E-state index contributed by atoms with van der Waals surface area (Å²) in [5.41, 5.74) is -0.912. The number of nitrogens with one attached hydrogen (secondary N) is 3. The largest absolute Gasteiger partial charge is 0.431 e. The van der Waals surface area contributed by atoms with Gasteiger partial charge in [-0.2, -0.15) is 18.4 Å². The van der Waals surface area contributed by atoms with Gasteiger partial charge in [0, 0.05) is 6.54 Å². The number of carbonyl (C=O) groups is 2. The quantitative estimate of drug-likeness (QED) is 0.354. The van der Waals surface area contributed by atoms with E-state index in [0.29, 0.717) is 30.7 Å². The minimum atomic E-state index is -5.07. The Morgan fingerprint density at radius 2 is 1.82 bits per heavy atom. The second-order valence-electron chi connectivity index (χ2n) is 9.42. The average molecular weight is 548 g/mol. The molecule has 206 valence electrons. The third kappa shape index (κ3) is 6.54. The van der Waals surface area contributed by atoms with E-state index in [0.717, 1.165) is 37.6 Å². The molecule has 0 aromatic heterocycles. The highest BCUT2D eigenvalue weighted by atomic mass is 19.4. The fraction of sp³-hybridized carbons (Fsp3) is 0.370. The minimum Gasteiger partial charge on any atom is -0.352 e. The Labute approximate surface area is 221 Å². The standard InChI is InChI=1S/C27H26F5N5O2/c28-20-7-6-17(14-21(20)29)23-22(24(27(30,31)32)36-26(39)35-23)25(38)34-10-3-11-37-12-8-16(9-13-37)19-5-2-1-4-18(19)15-33/h1-2,4-7,14,16,23H,3,8-13H2,(H,34,38)(H2,35,36,39)/t23-/m1/s1. The minimum absolute atomic E-state index is 0.0586. The number of benzene rings is 2. The van der Waals surface area contributed by atoms with Crippen LogP contribution in [0.5, 0.6) is 0 Å². The molecule has 7 nitrogen and oxygen atoms in total. The van der Waals surface area contributed by atoms with Crippen molar-refractivity contribution in [3.8, 4) is 6.07 Å². The first kappa shape index (κ1) is 28.0. The van der Waals surface area contributed by atoms with Crippen molar-refractivity contribution in [1.29, 1.82) is 5.26 Å². The number of hydrogen-bond acceptors (Lipinski definition) is 4. The lowest BCUT2D eigenvalue weighted by Gasteiger charge is -2.32. The Kier molecular flexibility index (Phi) is 8.50. The van der Waals surface area contributed by atoms with E-state index in [9.17, 15) is 36.8 Å². The number of nitrogens with zero attached hydrogens (tertiary/aromatic N) is 2. The summed E-state index contributed by atoms with van der Waals surface area (Å²) in [5, 5.41) is 15.6. The van der Waals surface area contributed by atoms with Crippen molar-refractivity contribution in [2.45, 2.75) is 37.4 Å². The van der Waals surface area contributed by atoms with Crippen LogP contribution in [0.1, 0.15) is 47.9 Å². The number of allylic oxidation sites excluding steroid dienone is 1. The van der Waals surface area contributed by atoms with Gasteiger partial charge in [-0.05, 0) is 74.1 Å². The summed E-state index contributed by atoms with van der Waals surface area (Å²) in [6.07, 6.45) is -2.91. The highest BCUT2D eigenvalue weighted by Gasteiger charge is 2.45. The first-order chi connectivity index (χ1) is 18.6. The third-order valence-electron chi connectivity index (χ3n) is 6.92. The van der Waals surface area contributed by atoms with Crippen molar-refractivity contribution < 1.29 is 31.5 Å². The van der Waals surface area contributed by atoms with Gasteiger partial charge in [0.05, 0.1) is 23.2 Å². The predicted molar refractivity (Wildman–Crippen MR) is 131 cm³/mol. The lowest BCUT2D eigenvalue weighted by atomic mass is 9.87. The molecule has 0 spiro atoms. The fourth-order valence-corrected chi connectivity index (χ4v) is 5.00. The molecule has 3 N–H and O–H groups in total. The molecule has 0 unspecified atom stereocenters. The Hall–Kier alpha value is -3.98. The van der Waals surface area contributed by atoms with Crippen molar-refractivity contribution >= 4 is 11.9 Å². The van der Waals surface area contributed by atoms with Gasteiger partial charge in [-0.25, -0.2) is 13.6 Å². The molecule has 2 aliphatic rings. The van der Waals surface area contributed by atoms with Gasteiger partial charge in [-0.3, -0.25) is 4.79 Å². The normalized spacial score (nSPS) is 18.8. The van der Waals surface area contributed by atoms with E-state index in [-0.39, 0.29) is 18.0 Å². The molecule has 0 bridgehead atoms. The van der Waals surface area contributed by atoms with Crippen LogP contribution in [0, 0.1) is 23.0 Å². The van der Waals surface area contributed by atoms with Crippen molar-refractivity contribution in [3.05, 3.63) is 82.1 Å². The molecule has 1 atom stereocenters. The van der Waals surface area contributed by atoms with Gasteiger partial charge >= 0.3 is 12.2 Å². The number of carbonyl (C=O) groups excluding carboxylic acids is 2. The van der Waals surface area contributed by atoms with Gasteiger partial charge in [0.15, 0.2) is 11.6 Å². The molecule has 0 saturated carbocycles. The van der Waals surface area contributed by atoms with Gasteiger partial charge in [0.2, 0.25) is 0 Å². The van der Waals surface area contributed by atoms with Crippen LogP contribution in [-0.2, 0) is 4.79 Å². The van der Waals surface area contributed by atoms with Crippen LogP contribution < -0.4 is 16.0 Å². The molecule has 1 fully saturated rings. The number of alkyl halides is 3. The Morgan fingerprint density at radius 3 is 2.49 bits per heavy atom. The van der Waals surface area contributed by atoms with Crippen molar-refractivity contribution in [2.75, 3.05) is 26.2 Å². The summed E-state index contributed by atoms with van der Waals surface area (Å²) in [7, 11) is 0. The molecule has 0 radical (unpaired) electrons. The SMILES string of the molecule is N#Cc1ccccc1C1CCN(CCCNC(=O)C2=C(C(F)(F)F)NC(=O)N[C@@H]2c2ccc(F)c(F)c2)CC1. The summed E-state index contributed by atoms with van der Waals surface area (Å²) < 4.78 is 68.5. The number of likely N-dealkylation sites (tertiary alicyclic amines) is 1. The first-order valence-electron chi connectivity index (χ1n) is 12.4. The van der Waals surface area contributed by atoms with Crippen LogP contribution in [0.4, 0.5) is 26.7 Å². The van der Waals surface area contributed by atoms with Crippen molar-refractivity contribution in [1.82, 2.24) is 20.9 Å². The topological polar surface area (TPSA) is 97.3 Å². The Morgan fingerprint density at radius 1 is 1.10 bits per heavy atom. The molecule has 3 amide bonds. The number of piperidine rings is 1. The van der Waals surface area contributed by atoms with Crippen LogP contribution in [0.3, 0.4) is 0 Å². The lowest BCUT2D eigenvalue weighted by Crippen LogP contribution is -2.50. The maximum Gasteiger partial charge on any atom is 0.431 e. The maximum absolute atomic E-state index is 13.8. The van der Waals surface area contributed by atoms with Gasteiger partial charge in [-0.1, -0.05) is 24.3 Å². The molecular formula is C27H26F5N5O2. The van der Waals surface area contributed by atoms with Gasteiger partial charge < -0.3 is 20.9 Å². The van der Waals surface area contributed by atoms with E-state index in [1.165, 1.54) is 0 Å². The van der Waals surface area contributed by atoms with E-state index in [1.54, 1.807) is 11.4 Å². The first-order valence-corrected chi connectivity index (χ1v) is 12.4.